The van der Waals surface area contributed by atoms with Gasteiger partial charge in [-0.2, -0.15) is 0 Å². The number of urea groups is 1. The molecule has 0 aliphatic carbocycles. The number of ether oxygens (including phenoxy) is 1. The van der Waals surface area contributed by atoms with E-state index in [0.29, 0.717) is 12.4 Å². The fraction of sp³-hybridized carbons (Fsp3) is 0.389. The van der Waals surface area contributed by atoms with E-state index in [1.54, 1.807) is 19.1 Å². The number of rotatable bonds is 4. The molecule has 2 atom stereocenters. The first-order valence-electron chi connectivity index (χ1n) is 8.09. The van der Waals surface area contributed by atoms with Crippen LogP contribution in [0.3, 0.4) is 0 Å². The number of fused-ring (bicyclic) bond motifs is 1. The lowest BCUT2D eigenvalue weighted by Crippen LogP contribution is -2.44. The molecule has 2 aromatic rings. The molecule has 2 amide bonds. The van der Waals surface area contributed by atoms with E-state index in [4.69, 9.17) is 9.15 Å². The number of aliphatic hydroxyl groups is 1. The summed E-state index contributed by atoms with van der Waals surface area (Å²) in [5, 5.41) is 16.0. The van der Waals surface area contributed by atoms with E-state index in [9.17, 15) is 9.90 Å². The highest BCUT2D eigenvalue weighted by molar-refractivity contribution is 5.74. The Kier molecular flexibility index (Phi) is 4.76. The van der Waals surface area contributed by atoms with E-state index < -0.39 is 5.60 Å². The largest absolute Gasteiger partial charge is 0.493 e. The highest BCUT2D eigenvalue weighted by Crippen LogP contribution is 2.31. The molecular formula is C18H22N2O4. The summed E-state index contributed by atoms with van der Waals surface area (Å²) in [4.78, 5) is 12.2. The number of hydrogen-bond acceptors (Lipinski definition) is 4. The third-order valence-electron chi connectivity index (χ3n) is 4.14. The Morgan fingerprint density at radius 2 is 2.17 bits per heavy atom. The van der Waals surface area contributed by atoms with Crippen LogP contribution in [-0.2, 0) is 5.60 Å². The van der Waals surface area contributed by atoms with Crippen molar-refractivity contribution in [1.29, 1.82) is 0 Å². The van der Waals surface area contributed by atoms with Gasteiger partial charge in [-0.15, -0.1) is 0 Å². The van der Waals surface area contributed by atoms with E-state index in [0.717, 1.165) is 24.2 Å². The summed E-state index contributed by atoms with van der Waals surface area (Å²) in [5.41, 5.74) is -0.284. The fourth-order valence-corrected chi connectivity index (χ4v) is 2.81. The minimum Gasteiger partial charge on any atom is -0.493 e. The normalized spacial score (nSPS) is 19.3. The van der Waals surface area contributed by atoms with Gasteiger partial charge in [-0.05, 0) is 38.0 Å². The smallest absolute Gasteiger partial charge is 0.315 e. The number of hydrogen-bond donors (Lipinski definition) is 3. The van der Waals surface area contributed by atoms with Gasteiger partial charge in [0.15, 0.2) is 0 Å². The quantitative estimate of drug-likeness (QED) is 0.805. The standard InChI is InChI=1S/C18H22N2O4/c1-18(22,16-9-5-11-24-16)12-19-17(21)20-14-7-4-10-23-15-8-3-2-6-13(14)15/h2-3,5-6,8-9,11,14,22H,4,7,10,12H2,1H3,(H2,19,20,21)/t14-,18+/m1/s1. The molecule has 1 aliphatic rings. The van der Waals surface area contributed by atoms with Gasteiger partial charge >= 0.3 is 6.03 Å². The molecule has 6 nitrogen and oxygen atoms in total. The molecule has 6 heteroatoms. The van der Waals surface area contributed by atoms with Crippen LogP contribution in [0.2, 0.25) is 0 Å². The maximum atomic E-state index is 12.2. The Hall–Kier alpha value is -2.47. The minimum atomic E-state index is -1.26. The van der Waals surface area contributed by atoms with Crippen molar-refractivity contribution in [3.8, 4) is 5.75 Å². The second-order valence-corrected chi connectivity index (χ2v) is 6.16. The average Bonchev–Trinajstić information content (AvgIpc) is 3.05. The zero-order valence-corrected chi connectivity index (χ0v) is 13.6. The second kappa shape index (κ2) is 6.97. The first-order chi connectivity index (χ1) is 11.6. The predicted octanol–water partition coefficient (Wildman–Crippen LogP) is 2.70. The summed E-state index contributed by atoms with van der Waals surface area (Å²) in [6, 6.07) is 10.7. The second-order valence-electron chi connectivity index (χ2n) is 6.16. The molecule has 0 unspecified atom stereocenters. The molecule has 1 aromatic heterocycles. The molecule has 0 bridgehead atoms. The van der Waals surface area contributed by atoms with Gasteiger partial charge in [0.2, 0.25) is 0 Å². The van der Waals surface area contributed by atoms with Crippen molar-refractivity contribution >= 4 is 6.03 Å². The van der Waals surface area contributed by atoms with Crippen LogP contribution in [0, 0.1) is 0 Å². The monoisotopic (exact) mass is 330 g/mol. The Morgan fingerprint density at radius 1 is 1.33 bits per heavy atom. The average molecular weight is 330 g/mol. The van der Waals surface area contributed by atoms with Gasteiger partial charge in [-0.25, -0.2) is 4.79 Å². The van der Waals surface area contributed by atoms with Gasteiger partial charge in [-0.1, -0.05) is 18.2 Å². The molecule has 0 saturated heterocycles. The van der Waals surface area contributed by atoms with E-state index in [2.05, 4.69) is 10.6 Å². The Balaban J connectivity index is 1.61. The molecule has 2 heterocycles. The minimum absolute atomic E-state index is 0.0528. The van der Waals surface area contributed by atoms with Gasteiger partial charge in [0, 0.05) is 5.56 Å². The van der Waals surface area contributed by atoms with Crippen molar-refractivity contribution < 1.29 is 19.1 Å². The fourth-order valence-electron chi connectivity index (χ4n) is 2.81. The molecule has 0 radical (unpaired) electrons. The van der Waals surface area contributed by atoms with Crippen molar-refractivity contribution in [3.05, 3.63) is 54.0 Å². The molecule has 128 valence electrons. The van der Waals surface area contributed by atoms with Crippen molar-refractivity contribution in [1.82, 2.24) is 10.6 Å². The first kappa shape index (κ1) is 16.4. The van der Waals surface area contributed by atoms with E-state index in [-0.39, 0.29) is 18.6 Å². The lowest BCUT2D eigenvalue weighted by molar-refractivity contribution is 0.0366. The van der Waals surface area contributed by atoms with Gasteiger partial charge in [0.05, 0.1) is 25.5 Å². The molecule has 0 spiro atoms. The van der Waals surface area contributed by atoms with Crippen molar-refractivity contribution in [2.24, 2.45) is 0 Å². The summed E-state index contributed by atoms with van der Waals surface area (Å²) in [5.74, 6) is 1.22. The van der Waals surface area contributed by atoms with Crippen LogP contribution in [0.1, 0.15) is 37.1 Å². The number of furan rings is 1. The van der Waals surface area contributed by atoms with Gasteiger partial charge in [0.1, 0.15) is 17.1 Å². The lowest BCUT2D eigenvalue weighted by atomic mass is 10.0. The number of amides is 2. The summed E-state index contributed by atoms with van der Waals surface area (Å²) < 4.78 is 10.9. The van der Waals surface area contributed by atoms with Crippen molar-refractivity contribution in [3.63, 3.8) is 0 Å². The Morgan fingerprint density at radius 3 is 2.96 bits per heavy atom. The highest BCUT2D eigenvalue weighted by Gasteiger charge is 2.27. The lowest BCUT2D eigenvalue weighted by Gasteiger charge is -2.23. The maximum Gasteiger partial charge on any atom is 0.315 e. The van der Waals surface area contributed by atoms with Crippen LogP contribution in [0.25, 0.3) is 0 Å². The predicted molar refractivity (Wildman–Crippen MR) is 88.7 cm³/mol. The number of benzene rings is 1. The number of carbonyl (C=O) groups is 1. The Labute approximate surface area is 140 Å². The number of para-hydroxylation sites is 1. The summed E-state index contributed by atoms with van der Waals surface area (Å²) in [6.45, 7) is 2.29. The van der Waals surface area contributed by atoms with E-state index in [1.165, 1.54) is 6.26 Å². The van der Waals surface area contributed by atoms with Crippen LogP contribution in [0.4, 0.5) is 4.79 Å². The first-order valence-corrected chi connectivity index (χ1v) is 8.09. The van der Waals surface area contributed by atoms with Crippen LogP contribution < -0.4 is 15.4 Å². The molecule has 0 saturated carbocycles. The molecule has 1 aliphatic heterocycles. The van der Waals surface area contributed by atoms with Crippen molar-refractivity contribution in [2.45, 2.75) is 31.4 Å². The molecule has 3 rings (SSSR count). The Bertz CT molecular complexity index is 682. The summed E-state index contributed by atoms with van der Waals surface area (Å²) in [6.07, 6.45) is 3.16. The SMILES string of the molecule is C[C@](O)(CNC(=O)N[C@@H]1CCCOc2ccccc21)c1ccco1. The third-order valence-corrected chi connectivity index (χ3v) is 4.14. The third kappa shape index (κ3) is 3.71. The van der Waals surface area contributed by atoms with Crippen LogP contribution in [0.5, 0.6) is 5.75 Å². The zero-order valence-electron chi connectivity index (χ0n) is 13.6. The zero-order chi connectivity index (χ0) is 17.0. The van der Waals surface area contributed by atoms with Crippen LogP contribution in [0.15, 0.2) is 47.1 Å². The molecule has 0 fully saturated rings. The number of carbonyl (C=O) groups excluding carboxylic acids is 1. The maximum absolute atomic E-state index is 12.2. The van der Waals surface area contributed by atoms with Crippen LogP contribution in [-0.4, -0.2) is 24.3 Å². The summed E-state index contributed by atoms with van der Waals surface area (Å²) in [7, 11) is 0. The van der Waals surface area contributed by atoms with E-state index in [1.807, 2.05) is 24.3 Å². The van der Waals surface area contributed by atoms with E-state index >= 15 is 0 Å². The van der Waals surface area contributed by atoms with Crippen molar-refractivity contribution in [2.75, 3.05) is 13.2 Å². The highest BCUT2D eigenvalue weighted by atomic mass is 16.5. The van der Waals surface area contributed by atoms with Gasteiger partial charge in [-0.3, -0.25) is 0 Å². The summed E-state index contributed by atoms with van der Waals surface area (Å²) >= 11 is 0. The molecule has 3 N–H and O–H groups in total. The van der Waals surface area contributed by atoms with Crippen LogP contribution >= 0.6 is 0 Å². The van der Waals surface area contributed by atoms with Gasteiger partial charge in [0.25, 0.3) is 0 Å². The molecule has 1 aromatic carbocycles. The number of nitrogens with one attached hydrogen (secondary N) is 2. The topological polar surface area (TPSA) is 83.7 Å². The molecular weight excluding hydrogens is 308 g/mol. The molecule has 24 heavy (non-hydrogen) atoms. The van der Waals surface area contributed by atoms with Gasteiger partial charge < -0.3 is 24.9 Å².